The first-order valence-electron chi connectivity index (χ1n) is 6.71. The smallest absolute Gasteiger partial charge is 0.416 e. The Kier molecular flexibility index (Phi) is 3.63. The molecule has 1 aliphatic rings. The fraction of sp³-hybridized carbons (Fsp3) is 0.188. The number of anilines is 1. The van der Waals surface area contributed by atoms with E-state index >= 15 is 0 Å². The highest BCUT2D eigenvalue weighted by Gasteiger charge is 2.32. The van der Waals surface area contributed by atoms with E-state index in [9.17, 15) is 18.0 Å². The van der Waals surface area contributed by atoms with Gasteiger partial charge in [0.05, 0.1) is 18.4 Å². The third-order valence-electron chi connectivity index (χ3n) is 3.47. The molecule has 1 N–H and O–H groups in total. The van der Waals surface area contributed by atoms with Gasteiger partial charge >= 0.3 is 6.18 Å². The minimum Gasteiger partial charge on any atom is -0.497 e. The van der Waals surface area contributed by atoms with Crippen molar-refractivity contribution < 1.29 is 27.4 Å². The van der Waals surface area contributed by atoms with E-state index in [0.717, 1.165) is 12.1 Å². The van der Waals surface area contributed by atoms with Gasteiger partial charge < -0.3 is 14.8 Å². The van der Waals surface area contributed by atoms with Crippen LogP contribution in [0.15, 0.2) is 42.5 Å². The number of amides is 1. The standard InChI is InChI=1S/C16H12F3NO3/c1-22-11-6-7-12-13(8-11)23-14(15(21)20-12)9-2-4-10(5-3-9)16(17,18)19/h2-8,14H,1H3,(H,20,21). The summed E-state index contributed by atoms with van der Waals surface area (Å²) in [6, 6.07) is 9.22. The van der Waals surface area contributed by atoms with Crippen LogP contribution in [-0.2, 0) is 11.0 Å². The van der Waals surface area contributed by atoms with Crippen LogP contribution in [0.2, 0.25) is 0 Å². The molecule has 120 valence electrons. The van der Waals surface area contributed by atoms with Crippen molar-refractivity contribution in [2.24, 2.45) is 0 Å². The van der Waals surface area contributed by atoms with Crippen LogP contribution in [0.1, 0.15) is 17.2 Å². The second kappa shape index (κ2) is 5.49. The van der Waals surface area contributed by atoms with E-state index in [4.69, 9.17) is 9.47 Å². The van der Waals surface area contributed by atoms with Crippen LogP contribution < -0.4 is 14.8 Å². The second-order valence-corrected chi connectivity index (χ2v) is 4.97. The van der Waals surface area contributed by atoms with Crippen LogP contribution in [0.4, 0.5) is 18.9 Å². The van der Waals surface area contributed by atoms with Crippen molar-refractivity contribution in [3.63, 3.8) is 0 Å². The fourth-order valence-corrected chi connectivity index (χ4v) is 2.28. The Balaban J connectivity index is 1.90. The molecular formula is C16H12F3NO3. The quantitative estimate of drug-likeness (QED) is 0.915. The van der Waals surface area contributed by atoms with Crippen molar-refractivity contribution in [3.05, 3.63) is 53.6 Å². The van der Waals surface area contributed by atoms with Gasteiger partial charge in [0.25, 0.3) is 5.91 Å². The molecule has 0 spiro atoms. The molecule has 1 aliphatic heterocycles. The minimum atomic E-state index is -4.42. The molecule has 3 rings (SSSR count). The minimum absolute atomic E-state index is 0.337. The molecule has 2 aromatic carbocycles. The molecule has 1 unspecified atom stereocenters. The van der Waals surface area contributed by atoms with Crippen LogP contribution in [0.25, 0.3) is 0 Å². The van der Waals surface area contributed by atoms with Crippen molar-refractivity contribution >= 4 is 11.6 Å². The lowest BCUT2D eigenvalue weighted by atomic mass is 10.0. The third kappa shape index (κ3) is 2.94. The Labute approximate surface area is 129 Å². The zero-order chi connectivity index (χ0) is 16.6. The van der Waals surface area contributed by atoms with Crippen molar-refractivity contribution in [3.8, 4) is 11.5 Å². The number of hydrogen-bond acceptors (Lipinski definition) is 3. The molecule has 0 saturated heterocycles. The summed E-state index contributed by atoms with van der Waals surface area (Å²) in [6.45, 7) is 0. The number of carbonyl (C=O) groups excluding carboxylic acids is 1. The first kappa shape index (κ1) is 15.2. The van der Waals surface area contributed by atoms with Crippen molar-refractivity contribution in [1.82, 2.24) is 0 Å². The van der Waals surface area contributed by atoms with Crippen LogP contribution in [0, 0.1) is 0 Å². The first-order valence-corrected chi connectivity index (χ1v) is 6.71. The number of nitrogens with one attached hydrogen (secondary N) is 1. The van der Waals surface area contributed by atoms with Gasteiger partial charge in [-0.3, -0.25) is 4.79 Å². The highest BCUT2D eigenvalue weighted by atomic mass is 19.4. The molecule has 1 amide bonds. The van der Waals surface area contributed by atoms with Crippen LogP contribution in [-0.4, -0.2) is 13.0 Å². The third-order valence-corrected chi connectivity index (χ3v) is 3.47. The second-order valence-electron chi connectivity index (χ2n) is 4.97. The van der Waals surface area contributed by atoms with E-state index < -0.39 is 23.8 Å². The highest BCUT2D eigenvalue weighted by molar-refractivity contribution is 5.98. The summed E-state index contributed by atoms with van der Waals surface area (Å²) in [5.41, 5.74) is 0.0440. The van der Waals surface area contributed by atoms with Gasteiger partial charge in [-0.25, -0.2) is 0 Å². The van der Waals surface area contributed by atoms with Crippen molar-refractivity contribution in [2.45, 2.75) is 12.3 Å². The summed E-state index contributed by atoms with van der Waals surface area (Å²) in [6.07, 6.45) is -5.44. The fourth-order valence-electron chi connectivity index (χ4n) is 2.28. The molecule has 0 bridgehead atoms. The van der Waals surface area contributed by atoms with Crippen molar-refractivity contribution in [1.29, 1.82) is 0 Å². The van der Waals surface area contributed by atoms with Gasteiger partial charge in [0.15, 0.2) is 0 Å². The summed E-state index contributed by atoms with van der Waals surface area (Å²) in [7, 11) is 1.50. The molecule has 0 fully saturated rings. The average Bonchev–Trinajstić information content (AvgIpc) is 2.53. The number of halogens is 3. The summed E-state index contributed by atoms with van der Waals surface area (Å²) in [4.78, 5) is 12.1. The molecule has 0 saturated carbocycles. The van der Waals surface area contributed by atoms with E-state index in [1.807, 2.05) is 0 Å². The van der Waals surface area contributed by atoms with Gasteiger partial charge in [0.2, 0.25) is 6.10 Å². The van der Waals surface area contributed by atoms with Gasteiger partial charge in [0, 0.05) is 11.6 Å². The first-order chi connectivity index (χ1) is 10.9. The summed E-state index contributed by atoms with van der Waals surface area (Å²) in [5.74, 6) is 0.502. The Morgan fingerprint density at radius 1 is 1.13 bits per heavy atom. The van der Waals surface area contributed by atoms with Gasteiger partial charge in [0.1, 0.15) is 11.5 Å². The van der Waals surface area contributed by atoms with E-state index in [-0.39, 0.29) is 0 Å². The van der Waals surface area contributed by atoms with Crippen LogP contribution >= 0.6 is 0 Å². The topological polar surface area (TPSA) is 47.6 Å². The van der Waals surface area contributed by atoms with Crippen LogP contribution in [0.3, 0.4) is 0 Å². The molecule has 0 aliphatic carbocycles. The number of benzene rings is 2. The van der Waals surface area contributed by atoms with Gasteiger partial charge in [-0.15, -0.1) is 0 Å². The lowest BCUT2D eigenvalue weighted by molar-refractivity contribution is -0.137. The number of fused-ring (bicyclic) bond motifs is 1. The van der Waals surface area contributed by atoms with Gasteiger partial charge in [-0.1, -0.05) is 12.1 Å². The molecule has 2 aromatic rings. The largest absolute Gasteiger partial charge is 0.497 e. The molecule has 1 heterocycles. The Morgan fingerprint density at radius 3 is 2.43 bits per heavy atom. The number of alkyl halides is 3. The number of ether oxygens (including phenoxy) is 2. The number of hydrogen-bond donors (Lipinski definition) is 1. The summed E-state index contributed by atoms with van der Waals surface area (Å²) in [5, 5.41) is 2.66. The van der Waals surface area contributed by atoms with E-state index in [1.165, 1.54) is 19.2 Å². The molecule has 0 radical (unpaired) electrons. The monoisotopic (exact) mass is 323 g/mol. The average molecular weight is 323 g/mol. The Bertz CT molecular complexity index is 741. The number of rotatable bonds is 2. The molecule has 0 aromatic heterocycles. The predicted molar refractivity (Wildman–Crippen MR) is 76.4 cm³/mol. The molecule has 23 heavy (non-hydrogen) atoms. The normalized spacial score (nSPS) is 17.0. The highest BCUT2D eigenvalue weighted by Crippen LogP contribution is 2.38. The number of methoxy groups -OCH3 is 1. The number of carbonyl (C=O) groups is 1. The maximum atomic E-state index is 12.6. The van der Waals surface area contributed by atoms with E-state index in [2.05, 4.69) is 5.32 Å². The van der Waals surface area contributed by atoms with Gasteiger partial charge in [-0.05, 0) is 24.3 Å². The molecule has 7 heteroatoms. The lowest BCUT2D eigenvalue weighted by Crippen LogP contribution is -2.30. The summed E-state index contributed by atoms with van der Waals surface area (Å²) >= 11 is 0. The zero-order valence-electron chi connectivity index (χ0n) is 12.0. The molecule has 1 atom stereocenters. The van der Waals surface area contributed by atoms with E-state index in [0.29, 0.717) is 22.7 Å². The Hall–Kier alpha value is -2.70. The maximum Gasteiger partial charge on any atom is 0.416 e. The molecule has 4 nitrogen and oxygen atoms in total. The zero-order valence-corrected chi connectivity index (χ0v) is 12.0. The predicted octanol–water partition coefficient (Wildman–Crippen LogP) is 3.79. The van der Waals surface area contributed by atoms with Crippen LogP contribution in [0.5, 0.6) is 11.5 Å². The maximum absolute atomic E-state index is 12.6. The molecular weight excluding hydrogens is 311 g/mol. The SMILES string of the molecule is COc1ccc2c(c1)OC(c1ccc(C(F)(F)F)cc1)C(=O)N2. The lowest BCUT2D eigenvalue weighted by Gasteiger charge is -2.26. The summed E-state index contributed by atoms with van der Waals surface area (Å²) < 4.78 is 48.5. The van der Waals surface area contributed by atoms with Crippen molar-refractivity contribution in [2.75, 3.05) is 12.4 Å². The van der Waals surface area contributed by atoms with Gasteiger partial charge in [-0.2, -0.15) is 13.2 Å². The Morgan fingerprint density at radius 2 is 1.83 bits per heavy atom. The van der Waals surface area contributed by atoms with E-state index in [1.54, 1.807) is 18.2 Å².